The van der Waals surface area contributed by atoms with E-state index in [2.05, 4.69) is 52.0 Å². The number of hydrogen-bond donors (Lipinski definition) is 1. The van der Waals surface area contributed by atoms with Gasteiger partial charge in [-0.2, -0.15) is 0 Å². The van der Waals surface area contributed by atoms with Crippen molar-refractivity contribution < 1.29 is 0 Å². The Hall–Kier alpha value is -0.380. The van der Waals surface area contributed by atoms with Crippen molar-refractivity contribution in [2.45, 2.75) is 31.8 Å². The number of halogens is 1. The molecule has 0 aliphatic carbocycles. The first kappa shape index (κ1) is 12.1. The molecule has 1 aromatic carbocycles. The molecule has 2 N–H and O–H groups in total. The number of rotatable bonds is 2. The Balaban J connectivity index is 2.09. The summed E-state index contributed by atoms with van der Waals surface area (Å²) in [6.45, 7) is 4.45. The Labute approximate surface area is 106 Å². The molecule has 1 aliphatic heterocycles. The van der Waals surface area contributed by atoms with Gasteiger partial charge in [0.1, 0.15) is 0 Å². The molecule has 0 spiro atoms. The monoisotopic (exact) mass is 282 g/mol. The summed E-state index contributed by atoms with van der Waals surface area (Å²) in [5.41, 5.74) is 7.38. The van der Waals surface area contributed by atoms with Crippen LogP contribution in [0.15, 0.2) is 28.7 Å². The Morgan fingerprint density at radius 2 is 2.31 bits per heavy atom. The van der Waals surface area contributed by atoms with Crippen LogP contribution in [0.2, 0.25) is 0 Å². The van der Waals surface area contributed by atoms with Gasteiger partial charge < -0.3 is 5.73 Å². The fraction of sp³-hybridized carbons (Fsp3) is 0.538. The molecule has 1 aliphatic rings. The van der Waals surface area contributed by atoms with Crippen LogP contribution in [0, 0.1) is 0 Å². The standard InChI is InChI=1S/C13H19BrN2/c1-10(11-4-2-5-12(14)8-11)16-7-3-6-13(15)9-16/h2,4-5,8,10,13H,3,6-7,9,15H2,1H3. The van der Waals surface area contributed by atoms with E-state index >= 15 is 0 Å². The molecular formula is C13H19BrN2. The van der Waals surface area contributed by atoms with E-state index in [0.29, 0.717) is 12.1 Å². The van der Waals surface area contributed by atoms with E-state index < -0.39 is 0 Å². The first-order valence-corrected chi connectivity index (χ1v) is 6.71. The molecule has 2 rings (SSSR count). The van der Waals surface area contributed by atoms with Crippen LogP contribution in [0.1, 0.15) is 31.4 Å². The molecule has 1 fully saturated rings. The van der Waals surface area contributed by atoms with Crippen molar-refractivity contribution >= 4 is 15.9 Å². The number of piperidine rings is 1. The molecule has 2 atom stereocenters. The number of hydrogen-bond acceptors (Lipinski definition) is 2. The van der Waals surface area contributed by atoms with Crippen molar-refractivity contribution in [3.05, 3.63) is 34.3 Å². The van der Waals surface area contributed by atoms with Crippen LogP contribution in [0.4, 0.5) is 0 Å². The molecule has 0 amide bonds. The van der Waals surface area contributed by atoms with Gasteiger partial charge in [0.15, 0.2) is 0 Å². The van der Waals surface area contributed by atoms with Gasteiger partial charge >= 0.3 is 0 Å². The fourth-order valence-corrected chi connectivity index (χ4v) is 2.79. The summed E-state index contributed by atoms with van der Waals surface area (Å²) in [4.78, 5) is 2.48. The van der Waals surface area contributed by atoms with Crippen molar-refractivity contribution in [1.29, 1.82) is 0 Å². The van der Waals surface area contributed by atoms with Gasteiger partial charge in [-0.3, -0.25) is 4.90 Å². The highest BCUT2D eigenvalue weighted by Gasteiger charge is 2.22. The molecule has 88 valence electrons. The van der Waals surface area contributed by atoms with Crippen molar-refractivity contribution in [3.8, 4) is 0 Å². The minimum Gasteiger partial charge on any atom is -0.327 e. The SMILES string of the molecule is CC(c1cccc(Br)c1)N1CCCC(N)C1. The molecule has 1 heterocycles. The zero-order valence-electron chi connectivity index (χ0n) is 9.70. The normalized spacial score (nSPS) is 24.3. The van der Waals surface area contributed by atoms with Gasteiger partial charge in [0, 0.05) is 23.1 Å². The molecule has 2 nitrogen and oxygen atoms in total. The Morgan fingerprint density at radius 1 is 1.50 bits per heavy atom. The lowest BCUT2D eigenvalue weighted by Crippen LogP contribution is -2.43. The summed E-state index contributed by atoms with van der Waals surface area (Å²) in [5.74, 6) is 0. The molecule has 2 unspecified atom stereocenters. The van der Waals surface area contributed by atoms with E-state index in [4.69, 9.17) is 5.73 Å². The Bertz CT molecular complexity index is 354. The summed E-state index contributed by atoms with van der Waals surface area (Å²) in [6, 6.07) is 9.37. The first-order valence-electron chi connectivity index (χ1n) is 5.92. The van der Waals surface area contributed by atoms with E-state index in [-0.39, 0.29) is 0 Å². The van der Waals surface area contributed by atoms with E-state index in [1.807, 2.05) is 0 Å². The number of benzene rings is 1. The summed E-state index contributed by atoms with van der Waals surface area (Å²) in [6.07, 6.45) is 2.39. The van der Waals surface area contributed by atoms with E-state index in [1.165, 1.54) is 24.9 Å². The van der Waals surface area contributed by atoms with Gasteiger partial charge in [-0.05, 0) is 44.0 Å². The van der Waals surface area contributed by atoms with Crippen LogP contribution in [-0.2, 0) is 0 Å². The fourth-order valence-electron chi connectivity index (χ4n) is 2.37. The number of likely N-dealkylation sites (tertiary alicyclic amines) is 1. The van der Waals surface area contributed by atoms with Gasteiger partial charge in [-0.1, -0.05) is 28.1 Å². The Kier molecular flexibility index (Phi) is 4.00. The highest BCUT2D eigenvalue weighted by atomic mass is 79.9. The second-order valence-corrected chi connectivity index (χ2v) is 5.54. The van der Waals surface area contributed by atoms with Crippen molar-refractivity contribution in [3.63, 3.8) is 0 Å². The topological polar surface area (TPSA) is 29.3 Å². The van der Waals surface area contributed by atoms with Crippen LogP contribution in [0.25, 0.3) is 0 Å². The van der Waals surface area contributed by atoms with E-state index in [9.17, 15) is 0 Å². The number of nitrogens with zero attached hydrogens (tertiary/aromatic N) is 1. The van der Waals surface area contributed by atoms with Gasteiger partial charge in [0.05, 0.1) is 0 Å². The predicted octanol–water partition coefficient (Wildman–Crippen LogP) is 2.93. The summed E-state index contributed by atoms with van der Waals surface area (Å²) < 4.78 is 1.15. The lowest BCUT2D eigenvalue weighted by atomic mass is 10.0. The third-order valence-electron chi connectivity index (χ3n) is 3.37. The molecule has 1 aromatic rings. The third kappa shape index (κ3) is 2.84. The molecule has 0 bridgehead atoms. The zero-order chi connectivity index (χ0) is 11.5. The largest absolute Gasteiger partial charge is 0.327 e. The average Bonchev–Trinajstić information content (AvgIpc) is 2.28. The highest BCUT2D eigenvalue weighted by Crippen LogP contribution is 2.25. The Morgan fingerprint density at radius 3 is 3.00 bits per heavy atom. The summed E-state index contributed by atoms with van der Waals surface area (Å²) in [7, 11) is 0. The molecule has 1 saturated heterocycles. The van der Waals surface area contributed by atoms with Crippen molar-refractivity contribution in [1.82, 2.24) is 4.90 Å². The predicted molar refractivity (Wildman–Crippen MR) is 71.3 cm³/mol. The molecule has 16 heavy (non-hydrogen) atoms. The molecular weight excluding hydrogens is 264 g/mol. The second kappa shape index (κ2) is 5.30. The molecule has 0 saturated carbocycles. The zero-order valence-corrected chi connectivity index (χ0v) is 11.3. The minimum atomic E-state index is 0.350. The van der Waals surface area contributed by atoms with Crippen molar-refractivity contribution in [2.24, 2.45) is 5.73 Å². The molecule has 0 radical (unpaired) electrons. The van der Waals surface area contributed by atoms with Gasteiger partial charge in [-0.15, -0.1) is 0 Å². The lowest BCUT2D eigenvalue weighted by Gasteiger charge is -2.35. The second-order valence-electron chi connectivity index (χ2n) is 4.63. The molecule has 3 heteroatoms. The van der Waals surface area contributed by atoms with Gasteiger partial charge in [0.25, 0.3) is 0 Å². The van der Waals surface area contributed by atoms with Gasteiger partial charge in [0.2, 0.25) is 0 Å². The number of nitrogens with two attached hydrogens (primary N) is 1. The maximum atomic E-state index is 6.02. The molecule has 0 aromatic heterocycles. The smallest absolute Gasteiger partial charge is 0.0320 e. The van der Waals surface area contributed by atoms with Crippen LogP contribution in [0.3, 0.4) is 0 Å². The van der Waals surface area contributed by atoms with Crippen molar-refractivity contribution in [2.75, 3.05) is 13.1 Å². The average molecular weight is 283 g/mol. The summed E-state index contributed by atoms with van der Waals surface area (Å²) in [5, 5.41) is 0. The van der Waals surface area contributed by atoms with Gasteiger partial charge in [-0.25, -0.2) is 0 Å². The maximum Gasteiger partial charge on any atom is 0.0320 e. The maximum absolute atomic E-state index is 6.02. The van der Waals surface area contributed by atoms with Crippen LogP contribution < -0.4 is 5.73 Å². The first-order chi connectivity index (χ1) is 7.66. The van der Waals surface area contributed by atoms with Crippen LogP contribution >= 0.6 is 15.9 Å². The van der Waals surface area contributed by atoms with E-state index in [1.54, 1.807) is 0 Å². The van der Waals surface area contributed by atoms with Crippen LogP contribution in [0.5, 0.6) is 0 Å². The lowest BCUT2D eigenvalue weighted by molar-refractivity contribution is 0.159. The summed E-state index contributed by atoms with van der Waals surface area (Å²) >= 11 is 3.52. The third-order valence-corrected chi connectivity index (χ3v) is 3.86. The highest BCUT2D eigenvalue weighted by molar-refractivity contribution is 9.10. The van der Waals surface area contributed by atoms with Crippen LogP contribution in [-0.4, -0.2) is 24.0 Å². The minimum absolute atomic E-state index is 0.350. The van der Waals surface area contributed by atoms with E-state index in [0.717, 1.165) is 11.0 Å². The quantitative estimate of drug-likeness (QED) is 0.904.